The molecule has 0 saturated carbocycles. The van der Waals surface area contributed by atoms with Crippen molar-refractivity contribution in [1.82, 2.24) is 0 Å². The van der Waals surface area contributed by atoms with Crippen molar-refractivity contribution in [2.24, 2.45) is 0 Å². The highest BCUT2D eigenvalue weighted by Crippen LogP contribution is 2.23. The van der Waals surface area contributed by atoms with E-state index >= 15 is 0 Å². The minimum atomic E-state index is -0.866. The number of para-hydroxylation sites is 1. The van der Waals surface area contributed by atoms with Crippen molar-refractivity contribution >= 4 is 29.4 Å². The summed E-state index contributed by atoms with van der Waals surface area (Å²) in [6.45, 7) is 0. The summed E-state index contributed by atoms with van der Waals surface area (Å²) in [6.07, 6.45) is 3.86. The molecule has 6 heteroatoms. The minimum Gasteiger partial charge on any atom is -0.281 e. The molecule has 0 spiro atoms. The Morgan fingerprint density at radius 3 is 2.04 bits per heavy atom. The number of nitro benzene ring substituents is 1. The molecule has 0 bridgehead atoms. The number of nitrogens with zero attached hydrogens (tertiary/aromatic N) is 2. The van der Waals surface area contributed by atoms with Crippen LogP contribution in [0.3, 0.4) is 0 Å². The molecule has 0 atom stereocenters. The van der Waals surface area contributed by atoms with Crippen LogP contribution < -0.4 is 5.06 Å². The van der Waals surface area contributed by atoms with Gasteiger partial charge in [0.25, 0.3) is 11.6 Å². The molecule has 0 aliphatic carbocycles. The SMILES string of the molecule is O=C(c1ccccc1[N+](=O)[O-])N(O)c1ccc(/C=C/c2ccccc2)cc1. The van der Waals surface area contributed by atoms with E-state index in [-0.39, 0.29) is 16.9 Å². The minimum absolute atomic E-state index is 0.182. The third-order valence-electron chi connectivity index (χ3n) is 3.93. The van der Waals surface area contributed by atoms with Crippen LogP contribution in [-0.2, 0) is 0 Å². The van der Waals surface area contributed by atoms with E-state index in [0.717, 1.165) is 11.1 Å². The number of carbonyl (C=O) groups excluding carboxylic acids is 1. The van der Waals surface area contributed by atoms with E-state index < -0.39 is 10.8 Å². The first-order valence-electron chi connectivity index (χ1n) is 8.16. The molecule has 0 aliphatic rings. The lowest BCUT2D eigenvalue weighted by Crippen LogP contribution is -2.27. The number of benzene rings is 3. The standard InChI is InChI=1S/C21H16N2O4/c24-21(19-8-4-5-9-20(19)23(26)27)22(25)18-14-12-17(13-15-18)11-10-16-6-2-1-3-7-16/h1-15,25H/b11-10+. The summed E-state index contributed by atoms with van der Waals surface area (Å²) in [5, 5.41) is 21.7. The number of carbonyl (C=O) groups is 1. The van der Waals surface area contributed by atoms with E-state index in [2.05, 4.69) is 0 Å². The molecule has 3 rings (SSSR count). The van der Waals surface area contributed by atoms with Gasteiger partial charge in [-0.25, -0.2) is 0 Å². The number of hydroxylamine groups is 1. The lowest BCUT2D eigenvalue weighted by molar-refractivity contribution is -0.385. The normalized spacial score (nSPS) is 10.7. The second kappa shape index (κ2) is 8.07. The number of hydrogen-bond acceptors (Lipinski definition) is 4. The van der Waals surface area contributed by atoms with E-state index in [1.807, 2.05) is 42.5 Å². The number of amides is 1. The van der Waals surface area contributed by atoms with Gasteiger partial charge in [0.15, 0.2) is 0 Å². The van der Waals surface area contributed by atoms with Crippen LogP contribution in [-0.4, -0.2) is 16.0 Å². The molecular formula is C21H16N2O4. The molecule has 0 aromatic heterocycles. The fourth-order valence-electron chi connectivity index (χ4n) is 2.53. The van der Waals surface area contributed by atoms with Gasteiger partial charge < -0.3 is 0 Å². The van der Waals surface area contributed by atoms with Crippen LogP contribution in [0.2, 0.25) is 0 Å². The molecular weight excluding hydrogens is 344 g/mol. The molecule has 0 aliphatic heterocycles. The fraction of sp³-hybridized carbons (Fsp3) is 0. The van der Waals surface area contributed by atoms with Crippen LogP contribution in [0.15, 0.2) is 78.9 Å². The van der Waals surface area contributed by atoms with Crippen LogP contribution in [0, 0.1) is 10.1 Å². The second-order valence-electron chi connectivity index (χ2n) is 5.73. The van der Waals surface area contributed by atoms with Crippen molar-refractivity contribution in [3.05, 3.63) is 106 Å². The van der Waals surface area contributed by atoms with E-state index in [1.165, 1.54) is 24.3 Å². The quantitative estimate of drug-likeness (QED) is 0.306. The Morgan fingerprint density at radius 1 is 0.852 bits per heavy atom. The number of nitro groups is 1. The zero-order valence-electron chi connectivity index (χ0n) is 14.2. The Labute approximate surface area is 155 Å². The highest BCUT2D eigenvalue weighted by atomic mass is 16.6. The maximum atomic E-state index is 12.4. The third-order valence-corrected chi connectivity index (χ3v) is 3.93. The molecule has 0 heterocycles. The van der Waals surface area contributed by atoms with Gasteiger partial charge in [0.05, 0.1) is 10.6 Å². The summed E-state index contributed by atoms with van der Waals surface area (Å²) >= 11 is 0. The van der Waals surface area contributed by atoms with Crippen LogP contribution in [0.4, 0.5) is 11.4 Å². The molecule has 0 radical (unpaired) electrons. The van der Waals surface area contributed by atoms with Gasteiger partial charge in [0.2, 0.25) is 0 Å². The molecule has 27 heavy (non-hydrogen) atoms. The maximum absolute atomic E-state index is 12.4. The summed E-state index contributed by atoms with van der Waals surface area (Å²) in [6, 6.07) is 21.9. The van der Waals surface area contributed by atoms with Crippen LogP contribution >= 0.6 is 0 Å². The van der Waals surface area contributed by atoms with Gasteiger partial charge in [0.1, 0.15) is 5.56 Å². The Balaban J connectivity index is 1.78. The van der Waals surface area contributed by atoms with Gasteiger partial charge in [-0.05, 0) is 29.3 Å². The third kappa shape index (κ3) is 4.26. The molecule has 1 amide bonds. The van der Waals surface area contributed by atoms with Crippen molar-refractivity contribution in [2.45, 2.75) is 0 Å². The molecule has 0 saturated heterocycles. The number of anilines is 1. The predicted octanol–water partition coefficient (Wildman–Crippen LogP) is 4.80. The Morgan fingerprint density at radius 2 is 1.41 bits per heavy atom. The summed E-state index contributed by atoms with van der Waals surface area (Å²) in [7, 11) is 0. The number of rotatable bonds is 5. The van der Waals surface area contributed by atoms with Gasteiger partial charge in [-0.2, -0.15) is 5.06 Å². The van der Waals surface area contributed by atoms with Crippen molar-refractivity contribution < 1.29 is 14.9 Å². The summed E-state index contributed by atoms with van der Waals surface area (Å²) < 4.78 is 0. The zero-order chi connectivity index (χ0) is 19.2. The van der Waals surface area contributed by atoms with Crippen molar-refractivity contribution in [2.75, 3.05) is 5.06 Å². The lowest BCUT2D eigenvalue weighted by atomic mass is 10.1. The molecule has 3 aromatic carbocycles. The van der Waals surface area contributed by atoms with Gasteiger partial charge in [-0.1, -0.05) is 66.7 Å². The Kier molecular flexibility index (Phi) is 5.39. The first-order chi connectivity index (χ1) is 13.1. The van der Waals surface area contributed by atoms with Gasteiger partial charge in [-0.3, -0.25) is 20.1 Å². The van der Waals surface area contributed by atoms with Gasteiger partial charge in [0, 0.05) is 6.07 Å². The summed E-state index contributed by atoms with van der Waals surface area (Å²) in [4.78, 5) is 22.8. The first-order valence-corrected chi connectivity index (χ1v) is 8.16. The lowest BCUT2D eigenvalue weighted by Gasteiger charge is -2.15. The summed E-state index contributed by atoms with van der Waals surface area (Å²) in [5.74, 6) is -0.866. The Bertz CT molecular complexity index is 983. The van der Waals surface area contributed by atoms with Crippen molar-refractivity contribution in [3.8, 4) is 0 Å². The van der Waals surface area contributed by atoms with Crippen LogP contribution in [0.25, 0.3) is 12.2 Å². The number of hydrogen-bond donors (Lipinski definition) is 1. The van der Waals surface area contributed by atoms with Crippen LogP contribution in [0.1, 0.15) is 21.5 Å². The van der Waals surface area contributed by atoms with E-state index in [9.17, 15) is 20.1 Å². The fourth-order valence-corrected chi connectivity index (χ4v) is 2.53. The zero-order valence-corrected chi connectivity index (χ0v) is 14.2. The average molecular weight is 360 g/mol. The molecule has 0 fully saturated rings. The topological polar surface area (TPSA) is 83.7 Å². The monoisotopic (exact) mass is 360 g/mol. The highest BCUT2D eigenvalue weighted by Gasteiger charge is 2.24. The van der Waals surface area contributed by atoms with Crippen molar-refractivity contribution in [3.63, 3.8) is 0 Å². The van der Waals surface area contributed by atoms with Gasteiger partial charge >= 0.3 is 0 Å². The Hall–Kier alpha value is -3.77. The average Bonchev–Trinajstić information content (AvgIpc) is 2.72. The highest BCUT2D eigenvalue weighted by molar-refractivity contribution is 6.07. The molecule has 3 aromatic rings. The smallest absolute Gasteiger partial charge is 0.281 e. The molecule has 0 unspecified atom stereocenters. The van der Waals surface area contributed by atoms with Crippen molar-refractivity contribution in [1.29, 1.82) is 0 Å². The van der Waals surface area contributed by atoms with E-state index in [4.69, 9.17) is 0 Å². The molecule has 134 valence electrons. The second-order valence-corrected chi connectivity index (χ2v) is 5.73. The summed E-state index contributed by atoms with van der Waals surface area (Å²) in [5.41, 5.74) is 1.61. The first kappa shape index (κ1) is 18.0. The van der Waals surface area contributed by atoms with Gasteiger partial charge in [-0.15, -0.1) is 0 Å². The van der Waals surface area contributed by atoms with E-state index in [0.29, 0.717) is 5.06 Å². The largest absolute Gasteiger partial charge is 0.288 e. The maximum Gasteiger partial charge on any atom is 0.288 e. The van der Waals surface area contributed by atoms with E-state index in [1.54, 1.807) is 24.3 Å². The predicted molar refractivity (Wildman–Crippen MR) is 104 cm³/mol. The molecule has 1 N–H and O–H groups in total. The molecule has 6 nitrogen and oxygen atoms in total. The van der Waals surface area contributed by atoms with Crippen LogP contribution in [0.5, 0.6) is 0 Å².